The van der Waals surface area contributed by atoms with Crippen molar-refractivity contribution in [2.45, 2.75) is 26.7 Å². The van der Waals surface area contributed by atoms with Gasteiger partial charge in [0.05, 0.1) is 0 Å². The lowest BCUT2D eigenvalue weighted by Crippen LogP contribution is -2.09. The fourth-order valence-corrected chi connectivity index (χ4v) is 1.61. The summed E-state index contributed by atoms with van der Waals surface area (Å²) >= 11 is 0. The zero-order chi connectivity index (χ0) is 13.7. The van der Waals surface area contributed by atoms with Gasteiger partial charge in [-0.25, -0.2) is 9.97 Å². The maximum atomic E-state index is 5.05. The molecule has 19 heavy (non-hydrogen) atoms. The van der Waals surface area contributed by atoms with E-state index < -0.39 is 0 Å². The monoisotopic (exact) mass is 262 g/mol. The standard InChI is InChI=1S/C12H18N6O/c1-4-9-16-10(13-3)7-11(17-9)14-6-5-12-15-8(2)18-19-12/h7H,4-6H2,1-3H3,(H2,13,14,16,17). The van der Waals surface area contributed by atoms with Crippen molar-refractivity contribution >= 4 is 11.6 Å². The first-order chi connectivity index (χ1) is 9.21. The summed E-state index contributed by atoms with van der Waals surface area (Å²) in [5.74, 6) is 3.70. The molecular weight excluding hydrogens is 244 g/mol. The summed E-state index contributed by atoms with van der Waals surface area (Å²) in [5, 5.41) is 10.0. The molecule has 0 amide bonds. The van der Waals surface area contributed by atoms with E-state index in [1.165, 1.54) is 0 Å². The minimum atomic E-state index is 0.628. The van der Waals surface area contributed by atoms with Crippen molar-refractivity contribution in [1.82, 2.24) is 20.1 Å². The van der Waals surface area contributed by atoms with Gasteiger partial charge in [0, 0.05) is 32.5 Å². The Morgan fingerprint density at radius 1 is 1.21 bits per heavy atom. The molecule has 7 heteroatoms. The molecule has 2 N–H and O–H groups in total. The average Bonchev–Trinajstić information content (AvgIpc) is 2.84. The zero-order valence-electron chi connectivity index (χ0n) is 11.4. The zero-order valence-corrected chi connectivity index (χ0v) is 11.4. The van der Waals surface area contributed by atoms with Crippen LogP contribution in [-0.4, -0.2) is 33.7 Å². The molecule has 0 aliphatic heterocycles. The Kier molecular flexibility index (Phi) is 4.27. The molecule has 0 fully saturated rings. The van der Waals surface area contributed by atoms with Crippen LogP contribution in [0.3, 0.4) is 0 Å². The molecule has 0 bridgehead atoms. The summed E-state index contributed by atoms with van der Waals surface area (Å²) in [5.41, 5.74) is 0. The minimum Gasteiger partial charge on any atom is -0.373 e. The third-order valence-corrected chi connectivity index (χ3v) is 2.56. The predicted octanol–water partition coefficient (Wildman–Crippen LogP) is 1.43. The van der Waals surface area contributed by atoms with E-state index in [9.17, 15) is 0 Å². The van der Waals surface area contributed by atoms with Gasteiger partial charge >= 0.3 is 0 Å². The predicted molar refractivity (Wildman–Crippen MR) is 72.2 cm³/mol. The van der Waals surface area contributed by atoms with Crippen molar-refractivity contribution in [3.05, 3.63) is 23.6 Å². The Bertz CT molecular complexity index is 517. The van der Waals surface area contributed by atoms with Gasteiger partial charge in [0.25, 0.3) is 0 Å². The molecule has 0 aliphatic carbocycles. The lowest BCUT2D eigenvalue weighted by atomic mass is 10.4. The summed E-state index contributed by atoms with van der Waals surface area (Å²) in [6, 6.07) is 1.87. The van der Waals surface area contributed by atoms with Crippen LogP contribution in [0.15, 0.2) is 10.6 Å². The quantitative estimate of drug-likeness (QED) is 0.813. The lowest BCUT2D eigenvalue weighted by Gasteiger charge is -2.08. The summed E-state index contributed by atoms with van der Waals surface area (Å²) in [6.07, 6.45) is 1.47. The maximum Gasteiger partial charge on any atom is 0.228 e. The van der Waals surface area contributed by atoms with Crippen LogP contribution < -0.4 is 10.6 Å². The third kappa shape index (κ3) is 3.64. The van der Waals surface area contributed by atoms with Crippen molar-refractivity contribution in [2.24, 2.45) is 0 Å². The molecule has 0 spiro atoms. The topological polar surface area (TPSA) is 88.8 Å². The molecule has 7 nitrogen and oxygen atoms in total. The largest absolute Gasteiger partial charge is 0.373 e. The Balaban J connectivity index is 1.95. The van der Waals surface area contributed by atoms with Gasteiger partial charge in [0.1, 0.15) is 17.5 Å². The van der Waals surface area contributed by atoms with Gasteiger partial charge in [-0.3, -0.25) is 0 Å². The summed E-state index contributed by atoms with van der Waals surface area (Å²) in [4.78, 5) is 12.9. The summed E-state index contributed by atoms with van der Waals surface area (Å²) < 4.78 is 5.05. The Morgan fingerprint density at radius 2 is 2.00 bits per heavy atom. The summed E-state index contributed by atoms with van der Waals surface area (Å²) in [6.45, 7) is 4.52. The third-order valence-electron chi connectivity index (χ3n) is 2.56. The molecule has 0 saturated carbocycles. The molecule has 102 valence electrons. The van der Waals surface area contributed by atoms with E-state index in [1.54, 1.807) is 6.92 Å². The van der Waals surface area contributed by atoms with Crippen LogP contribution in [0.4, 0.5) is 11.6 Å². The molecule has 2 aromatic rings. The lowest BCUT2D eigenvalue weighted by molar-refractivity contribution is 0.377. The van der Waals surface area contributed by atoms with Crippen molar-refractivity contribution in [1.29, 1.82) is 0 Å². The maximum absolute atomic E-state index is 5.05. The first-order valence-electron chi connectivity index (χ1n) is 6.30. The van der Waals surface area contributed by atoms with E-state index in [0.29, 0.717) is 24.7 Å². The number of hydrogen-bond donors (Lipinski definition) is 2. The number of rotatable bonds is 6. The van der Waals surface area contributed by atoms with E-state index in [4.69, 9.17) is 4.52 Å². The molecule has 2 heterocycles. The van der Waals surface area contributed by atoms with Gasteiger partial charge < -0.3 is 15.2 Å². The highest BCUT2D eigenvalue weighted by Crippen LogP contribution is 2.11. The summed E-state index contributed by atoms with van der Waals surface area (Å²) in [7, 11) is 1.84. The highest BCUT2D eigenvalue weighted by molar-refractivity contribution is 5.47. The van der Waals surface area contributed by atoms with Gasteiger partial charge in [-0.15, -0.1) is 0 Å². The number of anilines is 2. The molecule has 2 aromatic heterocycles. The van der Waals surface area contributed by atoms with E-state index in [1.807, 2.05) is 20.0 Å². The van der Waals surface area contributed by atoms with E-state index in [-0.39, 0.29) is 0 Å². The number of nitrogens with one attached hydrogen (secondary N) is 2. The molecule has 2 rings (SSSR count). The molecular formula is C12H18N6O. The molecule has 0 radical (unpaired) electrons. The van der Waals surface area contributed by atoms with Crippen LogP contribution in [0.2, 0.25) is 0 Å². The number of aromatic nitrogens is 4. The first kappa shape index (κ1) is 13.3. The van der Waals surface area contributed by atoms with Gasteiger partial charge in [0.2, 0.25) is 5.89 Å². The SMILES string of the molecule is CCc1nc(NC)cc(NCCc2nc(C)no2)n1. The van der Waals surface area contributed by atoms with Crippen molar-refractivity contribution in [2.75, 3.05) is 24.2 Å². The number of hydrogen-bond acceptors (Lipinski definition) is 7. The smallest absolute Gasteiger partial charge is 0.228 e. The number of aryl methyl sites for hydroxylation is 2. The van der Waals surface area contributed by atoms with Crippen LogP contribution in [0.1, 0.15) is 24.5 Å². The van der Waals surface area contributed by atoms with Crippen LogP contribution in [0.5, 0.6) is 0 Å². The highest BCUT2D eigenvalue weighted by atomic mass is 16.5. The second-order valence-corrected chi connectivity index (χ2v) is 4.07. The molecule has 0 unspecified atom stereocenters. The fraction of sp³-hybridized carbons (Fsp3) is 0.500. The molecule has 0 atom stereocenters. The Labute approximate surface area is 111 Å². The first-order valence-corrected chi connectivity index (χ1v) is 6.30. The molecule has 0 aromatic carbocycles. The Hall–Kier alpha value is -2.18. The van der Waals surface area contributed by atoms with E-state index >= 15 is 0 Å². The van der Waals surface area contributed by atoms with Gasteiger partial charge in [-0.05, 0) is 6.92 Å². The average molecular weight is 262 g/mol. The van der Waals surface area contributed by atoms with Gasteiger partial charge in [-0.1, -0.05) is 12.1 Å². The number of nitrogens with zero attached hydrogens (tertiary/aromatic N) is 4. The Morgan fingerprint density at radius 3 is 2.63 bits per heavy atom. The molecule has 0 saturated heterocycles. The van der Waals surface area contributed by atoms with Crippen molar-refractivity contribution in [3.8, 4) is 0 Å². The van der Waals surface area contributed by atoms with E-state index in [2.05, 4.69) is 30.7 Å². The normalized spacial score (nSPS) is 10.5. The second kappa shape index (κ2) is 6.12. The van der Waals surface area contributed by atoms with Crippen LogP contribution in [0.25, 0.3) is 0 Å². The van der Waals surface area contributed by atoms with Crippen LogP contribution in [0, 0.1) is 6.92 Å². The van der Waals surface area contributed by atoms with Gasteiger partial charge in [-0.2, -0.15) is 4.98 Å². The fourth-order valence-electron chi connectivity index (χ4n) is 1.61. The minimum absolute atomic E-state index is 0.628. The van der Waals surface area contributed by atoms with Gasteiger partial charge in [0.15, 0.2) is 5.82 Å². The molecule has 0 aliphatic rings. The van der Waals surface area contributed by atoms with Crippen molar-refractivity contribution in [3.63, 3.8) is 0 Å². The van der Waals surface area contributed by atoms with Crippen LogP contribution in [-0.2, 0) is 12.8 Å². The second-order valence-electron chi connectivity index (χ2n) is 4.07. The van der Waals surface area contributed by atoms with Crippen molar-refractivity contribution < 1.29 is 4.52 Å². The van der Waals surface area contributed by atoms with E-state index in [0.717, 1.165) is 23.9 Å². The van der Waals surface area contributed by atoms with Crippen LogP contribution >= 0.6 is 0 Å². The highest BCUT2D eigenvalue weighted by Gasteiger charge is 2.04.